The van der Waals surface area contributed by atoms with E-state index >= 15 is 0 Å². The molecule has 1 rings (SSSR count). The number of benzene rings is 1. The average molecular weight is 257 g/mol. The number of hydrogen-bond donors (Lipinski definition) is 0. The summed E-state index contributed by atoms with van der Waals surface area (Å²) >= 11 is 12.1. The summed E-state index contributed by atoms with van der Waals surface area (Å²) in [7, 11) is 0. The maximum atomic E-state index is 6.21. The van der Waals surface area contributed by atoms with E-state index in [0.717, 1.165) is 24.3 Å². The van der Waals surface area contributed by atoms with E-state index in [-0.39, 0.29) is 0 Å². The second kappa shape index (κ2) is 6.98. The highest BCUT2D eigenvalue weighted by Crippen LogP contribution is 2.31. The third kappa shape index (κ3) is 3.84. The summed E-state index contributed by atoms with van der Waals surface area (Å²) < 4.78 is 0. The molecule has 0 amide bonds. The SMILES string of the molecule is CC/C=C\CC(CC)c1ccc(Cl)cc1Cl. The maximum Gasteiger partial charge on any atom is 0.0455 e. The van der Waals surface area contributed by atoms with E-state index in [1.54, 1.807) is 0 Å². The predicted octanol–water partition coefficient (Wildman–Crippen LogP) is 5.84. The standard InChI is InChI=1S/C14H18Cl2/c1-3-5-6-7-11(4-2)13-9-8-12(15)10-14(13)16/h5-6,8-11H,3-4,7H2,1-2H3/b6-5-. The average Bonchev–Trinajstić information content (AvgIpc) is 2.26. The summed E-state index contributed by atoms with van der Waals surface area (Å²) in [6, 6.07) is 5.78. The third-order valence-electron chi connectivity index (χ3n) is 2.72. The lowest BCUT2D eigenvalue weighted by atomic mass is 9.93. The lowest BCUT2D eigenvalue weighted by Crippen LogP contribution is -1.96. The predicted molar refractivity (Wildman–Crippen MR) is 73.5 cm³/mol. The first-order chi connectivity index (χ1) is 7.69. The Balaban J connectivity index is 2.82. The van der Waals surface area contributed by atoms with Crippen LogP contribution in [0.4, 0.5) is 0 Å². The van der Waals surface area contributed by atoms with Crippen LogP contribution in [-0.4, -0.2) is 0 Å². The van der Waals surface area contributed by atoms with Crippen LogP contribution < -0.4 is 0 Å². The number of rotatable bonds is 5. The van der Waals surface area contributed by atoms with E-state index < -0.39 is 0 Å². The Bertz CT molecular complexity index is 356. The molecule has 0 radical (unpaired) electrons. The smallest absolute Gasteiger partial charge is 0.0455 e. The van der Waals surface area contributed by atoms with Crippen LogP contribution in [0, 0.1) is 0 Å². The molecule has 0 aromatic heterocycles. The molecule has 0 aliphatic rings. The highest BCUT2D eigenvalue weighted by atomic mass is 35.5. The van der Waals surface area contributed by atoms with Gasteiger partial charge in [-0.1, -0.05) is 55.3 Å². The van der Waals surface area contributed by atoms with Gasteiger partial charge in [0.2, 0.25) is 0 Å². The molecule has 0 heterocycles. The van der Waals surface area contributed by atoms with Crippen molar-refractivity contribution in [2.24, 2.45) is 0 Å². The van der Waals surface area contributed by atoms with Crippen molar-refractivity contribution < 1.29 is 0 Å². The molecule has 0 spiro atoms. The van der Waals surface area contributed by atoms with E-state index in [1.165, 1.54) is 5.56 Å². The van der Waals surface area contributed by atoms with Gasteiger partial charge in [0, 0.05) is 10.0 Å². The zero-order chi connectivity index (χ0) is 12.0. The van der Waals surface area contributed by atoms with Gasteiger partial charge in [-0.25, -0.2) is 0 Å². The van der Waals surface area contributed by atoms with Gasteiger partial charge in [-0.15, -0.1) is 0 Å². The molecular weight excluding hydrogens is 239 g/mol. The molecule has 0 fully saturated rings. The van der Waals surface area contributed by atoms with Gasteiger partial charge in [0.1, 0.15) is 0 Å². The van der Waals surface area contributed by atoms with Gasteiger partial charge in [0.15, 0.2) is 0 Å². The molecule has 0 aliphatic carbocycles. The largest absolute Gasteiger partial charge is 0.0888 e. The minimum absolute atomic E-state index is 0.493. The van der Waals surface area contributed by atoms with E-state index in [4.69, 9.17) is 23.2 Å². The summed E-state index contributed by atoms with van der Waals surface area (Å²) in [4.78, 5) is 0. The molecule has 16 heavy (non-hydrogen) atoms. The van der Waals surface area contributed by atoms with Crippen molar-refractivity contribution >= 4 is 23.2 Å². The lowest BCUT2D eigenvalue weighted by molar-refractivity contribution is 0.673. The highest BCUT2D eigenvalue weighted by molar-refractivity contribution is 6.35. The Morgan fingerprint density at radius 2 is 1.94 bits per heavy atom. The Labute approximate surface area is 108 Å². The Morgan fingerprint density at radius 1 is 1.19 bits per heavy atom. The number of hydrogen-bond acceptors (Lipinski definition) is 0. The van der Waals surface area contributed by atoms with E-state index in [0.29, 0.717) is 10.9 Å². The molecule has 0 aliphatic heterocycles. The van der Waals surface area contributed by atoms with Crippen LogP contribution in [0.3, 0.4) is 0 Å². The monoisotopic (exact) mass is 256 g/mol. The van der Waals surface area contributed by atoms with Crippen LogP contribution in [0.15, 0.2) is 30.4 Å². The third-order valence-corrected chi connectivity index (χ3v) is 3.28. The summed E-state index contributed by atoms with van der Waals surface area (Å²) in [5.74, 6) is 0.493. The molecule has 1 atom stereocenters. The van der Waals surface area contributed by atoms with E-state index in [2.05, 4.69) is 26.0 Å². The van der Waals surface area contributed by atoms with Gasteiger partial charge in [-0.2, -0.15) is 0 Å². The van der Waals surface area contributed by atoms with Crippen LogP contribution in [-0.2, 0) is 0 Å². The first kappa shape index (κ1) is 13.6. The fourth-order valence-electron chi connectivity index (χ4n) is 1.77. The topological polar surface area (TPSA) is 0 Å². The van der Waals surface area contributed by atoms with Gasteiger partial charge in [-0.05, 0) is 42.9 Å². The molecule has 0 bridgehead atoms. The van der Waals surface area contributed by atoms with Crippen molar-refractivity contribution in [1.29, 1.82) is 0 Å². The molecule has 0 nitrogen and oxygen atoms in total. The molecule has 88 valence electrons. The molecule has 1 aromatic carbocycles. The van der Waals surface area contributed by atoms with E-state index in [1.807, 2.05) is 18.2 Å². The van der Waals surface area contributed by atoms with Crippen molar-refractivity contribution in [2.45, 2.75) is 39.0 Å². The molecular formula is C14H18Cl2. The van der Waals surface area contributed by atoms with Crippen LogP contribution >= 0.6 is 23.2 Å². The fraction of sp³-hybridized carbons (Fsp3) is 0.429. The van der Waals surface area contributed by atoms with Crippen LogP contribution in [0.1, 0.15) is 44.6 Å². The lowest BCUT2D eigenvalue weighted by Gasteiger charge is -2.15. The van der Waals surface area contributed by atoms with E-state index in [9.17, 15) is 0 Å². The second-order valence-electron chi connectivity index (χ2n) is 3.89. The number of allylic oxidation sites excluding steroid dienone is 2. The van der Waals surface area contributed by atoms with Crippen molar-refractivity contribution in [3.63, 3.8) is 0 Å². The second-order valence-corrected chi connectivity index (χ2v) is 4.73. The normalized spacial score (nSPS) is 13.2. The fourth-order valence-corrected chi connectivity index (χ4v) is 2.34. The van der Waals surface area contributed by atoms with Gasteiger partial charge in [0.05, 0.1) is 0 Å². The summed E-state index contributed by atoms with van der Waals surface area (Å²) in [5, 5.41) is 1.48. The van der Waals surface area contributed by atoms with Crippen molar-refractivity contribution in [3.05, 3.63) is 46.0 Å². The van der Waals surface area contributed by atoms with Crippen LogP contribution in [0.2, 0.25) is 10.0 Å². The number of halogens is 2. The molecule has 1 aromatic rings. The first-order valence-electron chi connectivity index (χ1n) is 5.79. The van der Waals surface area contributed by atoms with Crippen molar-refractivity contribution in [2.75, 3.05) is 0 Å². The molecule has 0 N–H and O–H groups in total. The molecule has 2 heteroatoms. The minimum atomic E-state index is 0.493. The summed E-state index contributed by atoms with van der Waals surface area (Å²) in [6.07, 6.45) is 7.66. The quantitative estimate of drug-likeness (QED) is 0.581. The molecule has 0 saturated carbocycles. The zero-order valence-corrected chi connectivity index (χ0v) is 11.4. The zero-order valence-electron chi connectivity index (χ0n) is 9.84. The van der Waals surface area contributed by atoms with Crippen molar-refractivity contribution in [3.8, 4) is 0 Å². The maximum absolute atomic E-state index is 6.21. The molecule has 0 saturated heterocycles. The van der Waals surface area contributed by atoms with Gasteiger partial charge < -0.3 is 0 Å². The van der Waals surface area contributed by atoms with Crippen LogP contribution in [0.25, 0.3) is 0 Å². The summed E-state index contributed by atoms with van der Waals surface area (Å²) in [5.41, 5.74) is 1.20. The Morgan fingerprint density at radius 3 is 2.50 bits per heavy atom. The van der Waals surface area contributed by atoms with Gasteiger partial charge in [0.25, 0.3) is 0 Å². The summed E-state index contributed by atoms with van der Waals surface area (Å²) in [6.45, 7) is 4.34. The van der Waals surface area contributed by atoms with Gasteiger partial charge >= 0.3 is 0 Å². The Kier molecular flexibility index (Phi) is 5.94. The highest BCUT2D eigenvalue weighted by Gasteiger charge is 2.11. The minimum Gasteiger partial charge on any atom is -0.0888 e. The van der Waals surface area contributed by atoms with Crippen molar-refractivity contribution in [1.82, 2.24) is 0 Å². The Hall–Kier alpha value is -0.460. The molecule has 1 unspecified atom stereocenters. The first-order valence-corrected chi connectivity index (χ1v) is 6.54. The van der Waals surface area contributed by atoms with Gasteiger partial charge in [-0.3, -0.25) is 0 Å². The van der Waals surface area contributed by atoms with Crippen LogP contribution in [0.5, 0.6) is 0 Å².